The van der Waals surface area contributed by atoms with Gasteiger partial charge in [0.05, 0.1) is 4.92 Å². The zero-order valence-electron chi connectivity index (χ0n) is 14.4. The summed E-state index contributed by atoms with van der Waals surface area (Å²) in [5, 5.41) is 15.0. The third-order valence-electron chi connectivity index (χ3n) is 4.56. The molecular weight excluding hydrogens is 318 g/mol. The minimum atomic E-state index is -0.387. The third kappa shape index (κ3) is 4.23. The quantitative estimate of drug-likeness (QED) is 0.636. The fourth-order valence-corrected chi connectivity index (χ4v) is 3.30. The van der Waals surface area contributed by atoms with Crippen molar-refractivity contribution in [2.24, 2.45) is 0 Å². The van der Waals surface area contributed by atoms with E-state index in [2.05, 4.69) is 15.3 Å². The highest BCUT2D eigenvalue weighted by molar-refractivity contribution is 5.70. The summed E-state index contributed by atoms with van der Waals surface area (Å²) in [7, 11) is 1.81. The van der Waals surface area contributed by atoms with Gasteiger partial charge in [0.15, 0.2) is 0 Å². The molecule has 7 nitrogen and oxygen atoms in total. The lowest BCUT2D eigenvalue weighted by molar-refractivity contribution is -0.383. The first-order valence-corrected chi connectivity index (χ1v) is 8.66. The Balaban J connectivity index is 1.85. The van der Waals surface area contributed by atoms with Gasteiger partial charge in [0.25, 0.3) is 0 Å². The van der Waals surface area contributed by atoms with Gasteiger partial charge in [0, 0.05) is 19.6 Å². The van der Waals surface area contributed by atoms with Gasteiger partial charge in [-0.1, -0.05) is 49.6 Å². The van der Waals surface area contributed by atoms with Crippen molar-refractivity contribution in [3.8, 4) is 0 Å². The molecule has 25 heavy (non-hydrogen) atoms. The second-order valence-electron chi connectivity index (χ2n) is 6.47. The van der Waals surface area contributed by atoms with E-state index in [4.69, 9.17) is 0 Å². The Morgan fingerprint density at radius 2 is 1.92 bits per heavy atom. The van der Waals surface area contributed by atoms with E-state index in [-0.39, 0.29) is 16.7 Å². The molecule has 1 heterocycles. The molecule has 0 spiro atoms. The summed E-state index contributed by atoms with van der Waals surface area (Å²) in [6, 6.07) is 10.1. The Hall–Kier alpha value is -2.70. The fraction of sp³-hybridized carbons (Fsp3) is 0.444. The Bertz CT molecular complexity index is 717. The molecule has 1 aliphatic rings. The van der Waals surface area contributed by atoms with Crippen LogP contribution in [-0.2, 0) is 6.54 Å². The summed E-state index contributed by atoms with van der Waals surface area (Å²) in [5.74, 6) is 0.656. The molecule has 1 N–H and O–H groups in total. The van der Waals surface area contributed by atoms with Crippen LogP contribution in [0, 0.1) is 10.1 Å². The average Bonchev–Trinajstić information content (AvgIpc) is 2.63. The summed E-state index contributed by atoms with van der Waals surface area (Å²) in [6.07, 6.45) is 6.98. The first kappa shape index (κ1) is 17.1. The number of hydrogen-bond acceptors (Lipinski definition) is 6. The lowest BCUT2D eigenvalue weighted by Gasteiger charge is -2.24. The van der Waals surface area contributed by atoms with E-state index >= 15 is 0 Å². The molecular formula is C18H23N5O2. The average molecular weight is 341 g/mol. The van der Waals surface area contributed by atoms with Crippen LogP contribution in [-0.4, -0.2) is 28.0 Å². The van der Waals surface area contributed by atoms with Gasteiger partial charge in [-0.05, 0) is 18.4 Å². The Kier molecular flexibility index (Phi) is 5.42. The highest BCUT2D eigenvalue weighted by atomic mass is 16.6. The van der Waals surface area contributed by atoms with Crippen LogP contribution >= 0.6 is 0 Å². The SMILES string of the molecule is CN(Cc1ccccc1)c1ncnc(NC2CCCCC2)c1[N+](=O)[O-]. The van der Waals surface area contributed by atoms with E-state index in [0.29, 0.717) is 18.2 Å². The van der Waals surface area contributed by atoms with Crippen LogP contribution < -0.4 is 10.2 Å². The normalized spacial score (nSPS) is 14.9. The maximum Gasteiger partial charge on any atom is 0.353 e. The molecule has 0 aliphatic heterocycles. The summed E-state index contributed by atoms with van der Waals surface area (Å²) < 4.78 is 0. The highest BCUT2D eigenvalue weighted by Gasteiger charge is 2.27. The molecule has 3 rings (SSSR count). The maximum atomic E-state index is 11.7. The predicted octanol–water partition coefficient (Wildman–Crippen LogP) is 3.77. The number of benzene rings is 1. The molecule has 0 unspecified atom stereocenters. The number of rotatable bonds is 6. The van der Waals surface area contributed by atoms with Gasteiger partial charge in [-0.2, -0.15) is 0 Å². The molecule has 0 atom stereocenters. The van der Waals surface area contributed by atoms with Crippen molar-refractivity contribution in [3.63, 3.8) is 0 Å². The van der Waals surface area contributed by atoms with E-state index in [0.717, 1.165) is 31.2 Å². The topological polar surface area (TPSA) is 84.2 Å². The van der Waals surface area contributed by atoms with E-state index in [1.54, 1.807) is 4.90 Å². The van der Waals surface area contributed by atoms with Crippen LogP contribution in [0.15, 0.2) is 36.7 Å². The number of aromatic nitrogens is 2. The van der Waals surface area contributed by atoms with Crippen molar-refractivity contribution in [1.82, 2.24) is 9.97 Å². The van der Waals surface area contributed by atoms with Crippen molar-refractivity contribution >= 4 is 17.3 Å². The largest absolute Gasteiger partial charge is 0.361 e. The van der Waals surface area contributed by atoms with Crippen LogP contribution in [0.25, 0.3) is 0 Å². The summed E-state index contributed by atoms with van der Waals surface area (Å²) in [4.78, 5) is 21.4. The molecule has 0 saturated heterocycles. The van der Waals surface area contributed by atoms with Gasteiger partial charge in [-0.15, -0.1) is 0 Å². The van der Waals surface area contributed by atoms with Gasteiger partial charge in [0.1, 0.15) is 6.33 Å². The number of hydrogen-bond donors (Lipinski definition) is 1. The van der Waals surface area contributed by atoms with Crippen LogP contribution in [0.2, 0.25) is 0 Å². The summed E-state index contributed by atoms with van der Waals surface area (Å²) >= 11 is 0. The van der Waals surface area contributed by atoms with Crippen molar-refractivity contribution in [2.45, 2.75) is 44.7 Å². The molecule has 1 fully saturated rings. The predicted molar refractivity (Wildman–Crippen MR) is 97.7 cm³/mol. The second-order valence-corrected chi connectivity index (χ2v) is 6.47. The molecule has 0 bridgehead atoms. The van der Waals surface area contributed by atoms with Crippen molar-refractivity contribution in [2.75, 3.05) is 17.3 Å². The van der Waals surface area contributed by atoms with Gasteiger partial charge < -0.3 is 10.2 Å². The molecule has 1 saturated carbocycles. The number of nitrogens with zero attached hydrogens (tertiary/aromatic N) is 4. The van der Waals surface area contributed by atoms with E-state index in [1.807, 2.05) is 37.4 Å². The number of nitro groups is 1. The first-order chi connectivity index (χ1) is 12.1. The van der Waals surface area contributed by atoms with E-state index in [9.17, 15) is 10.1 Å². The zero-order valence-corrected chi connectivity index (χ0v) is 14.4. The summed E-state index contributed by atoms with van der Waals surface area (Å²) in [5.41, 5.74) is 1.02. The molecule has 0 radical (unpaired) electrons. The van der Waals surface area contributed by atoms with Gasteiger partial charge in [0.2, 0.25) is 11.6 Å². The fourth-order valence-electron chi connectivity index (χ4n) is 3.30. The molecule has 1 aliphatic carbocycles. The zero-order chi connectivity index (χ0) is 17.6. The van der Waals surface area contributed by atoms with Gasteiger partial charge in [-0.3, -0.25) is 10.1 Å². The molecule has 1 aromatic carbocycles. The van der Waals surface area contributed by atoms with Crippen LogP contribution in [0.1, 0.15) is 37.7 Å². The molecule has 2 aromatic rings. The van der Waals surface area contributed by atoms with Crippen LogP contribution in [0.3, 0.4) is 0 Å². The first-order valence-electron chi connectivity index (χ1n) is 8.66. The molecule has 132 valence electrons. The number of anilines is 2. The van der Waals surface area contributed by atoms with Gasteiger partial charge in [-0.25, -0.2) is 9.97 Å². The van der Waals surface area contributed by atoms with Crippen molar-refractivity contribution < 1.29 is 4.92 Å². The van der Waals surface area contributed by atoms with Crippen molar-refractivity contribution in [3.05, 3.63) is 52.3 Å². The Morgan fingerprint density at radius 3 is 2.60 bits per heavy atom. The highest BCUT2D eigenvalue weighted by Crippen LogP contribution is 2.33. The second kappa shape index (κ2) is 7.92. The molecule has 0 amide bonds. The third-order valence-corrected chi connectivity index (χ3v) is 4.56. The molecule has 1 aromatic heterocycles. The molecule has 7 heteroatoms. The number of nitrogens with one attached hydrogen (secondary N) is 1. The monoisotopic (exact) mass is 341 g/mol. The minimum absolute atomic E-state index is 0.0495. The summed E-state index contributed by atoms with van der Waals surface area (Å²) in [6.45, 7) is 0.543. The smallest absolute Gasteiger partial charge is 0.353 e. The lowest BCUT2D eigenvalue weighted by atomic mass is 9.95. The minimum Gasteiger partial charge on any atom is -0.361 e. The van der Waals surface area contributed by atoms with E-state index < -0.39 is 0 Å². The maximum absolute atomic E-state index is 11.7. The Labute approximate surface area is 147 Å². The lowest BCUT2D eigenvalue weighted by Crippen LogP contribution is -2.25. The van der Waals surface area contributed by atoms with Crippen molar-refractivity contribution in [1.29, 1.82) is 0 Å². The van der Waals surface area contributed by atoms with Crippen LogP contribution in [0.5, 0.6) is 0 Å². The Morgan fingerprint density at radius 1 is 1.20 bits per heavy atom. The van der Waals surface area contributed by atoms with Crippen LogP contribution in [0.4, 0.5) is 17.3 Å². The standard InChI is InChI=1S/C18H23N5O2/c1-22(12-14-8-4-2-5-9-14)18-16(23(24)25)17(19-13-20-18)21-15-10-6-3-7-11-15/h2,4-5,8-9,13,15H,3,6-7,10-12H2,1H3,(H,19,20,21). The van der Waals surface area contributed by atoms with E-state index in [1.165, 1.54) is 12.7 Å². The van der Waals surface area contributed by atoms with Gasteiger partial charge >= 0.3 is 5.69 Å².